The van der Waals surface area contributed by atoms with Crippen molar-refractivity contribution in [3.63, 3.8) is 0 Å². The number of para-hydroxylation sites is 3. The first-order valence-corrected chi connectivity index (χ1v) is 11.4. The Morgan fingerprint density at radius 2 is 1.80 bits per heavy atom. The van der Waals surface area contributed by atoms with Gasteiger partial charge in [-0.25, -0.2) is 4.98 Å². The zero-order chi connectivity index (χ0) is 24.6. The van der Waals surface area contributed by atoms with Gasteiger partial charge in [0.1, 0.15) is 18.2 Å². The molecule has 1 aliphatic heterocycles. The van der Waals surface area contributed by atoms with Crippen LogP contribution in [-0.2, 0) is 17.5 Å². The lowest BCUT2D eigenvalue weighted by molar-refractivity contribution is -0.137. The Hall–Kier alpha value is -3.81. The Bertz CT molecular complexity index is 1380. The summed E-state index contributed by atoms with van der Waals surface area (Å²) in [5.74, 6) is 1.08. The molecule has 1 aromatic heterocycles. The number of aryl methyl sites for hydroxylation is 1. The van der Waals surface area contributed by atoms with Gasteiger partial charge >= 0.3 is 6.18 Å². The molecule has 4 aromatic rings. The van der Waals surface area contributed by atoms with Gasteiger partial charge in [0.25, 0.3) is 0 Å². The molecule has 1 atom stereocenters. The molecular formula is C27H24F3N3O2. The molecule has 3 aromatic carbocycles. The van der Waals surface area contributed by atoms with Crippen LogP contribution in [0.4, 0.5) is 18.9 Å². The smallest absolute Gasteiger partial charge is 0.416 e. The number of hydrogen-bond donors (Lipinski definition) is 0. The van der Waals surface area contributed by atoms with Crippen molar-refractivity contribution in [3.8, 4) is 5.75 Å². The van der Waals surface area contributed by atoms with Crippen LogP contribution in [0.2, 0.25) is 0 Å². The summed E-state index contributed by atoms with van der Waals surface area (Å²) in [6, 6.07) is 20.4. The number of rotatable bonds is 6. The van der Waals surface area contributed by atoms with E-state index >= 15 is 0 Å². The van der Waals surface area contributed by atoms with E-state index in [9.17, 15) is 18.0 Å². The Kier molecular flexibility index (Phi) is 5.96. The van der Waals surface area contributed by atoms with Crippen LogP contribution in [0.25, 0.3) is 11.0 Å². The minimum atomic E-state index is -4.47. The molecule has 1 fully saturated rings. The monoisotopic (exact) mass is 479 g/mol. The number of carbonyl (C=O) groups is 1. The van der Waals surface area contributed by atoms with Crippen molar-refractivity contribution in [2.45, 2.75) is 32.0 Å². The second-order valence-electron chi connectivity index (χ2n) is 8.68. The molecule has 35 heavy (non-hydrogen) atoms. The number of aromatic nitrogens is 2. The van der Waals surface area contributed by atoms with Crippen LogP contribution in [-0.4, -0.2) is 28.6 Å². The van der Waals surface area contributed by atoms with E-state index in [-0.39, 0.29) is 30.5 Å². The molecule has 5 rings (SSSR count). The Balaban J connectivity index is 1.41. The summed E-state index contributed by atoms with van der Waals surface area (Å²) in [6.45, 7) is 3.19. The van der Waals surface area contributed by atoms with Crippen molar-refractivity contribution in [2.75, 3.05) is 18.1 Å². The molecule has 5 nitrogen and oxygen atoms in total. The first-order valence-electron chi connectivity index (χ1n) is 11.4. The van der Waals surface area contributed by atoms with Gasteiger partial charge < -0.3 is 14.2 Å². The molecule has 1 saturated heterocycles. The van der Waals surface area contributed by atoms with Crippen LogP contribution in [0, 0.1) is 6.92 Å². The third kappa shape index (κ3) is 4.60. The molecule has 180 valence electrons. The number of nitrogens with zero attached hydrogens (tertiary/aromatic N) is 3. The van der Waals surface area contributed by atoms with Crippen LogP contribution in [0.5, 0.6) is 5.75 Å². The van der Waals surface area contributed by atoms with Gasteiger partial charge in [-0.1, -0.05) is 36.4 Å². The maximum absolute atomic E-state index is 13.2. The van der Waals surface area contributed by atoms with Gasteiger partial charge in [0.2, 0.25) is 5.91 Å². The molecule has 0 bridgehead atoms. The third-order valence-corrected chi connectivity index (χ3v) is 6.33. The standard InChI is InChI=1S/C27H24F3N3O2/c1-18-7-2-5-12-24(18)35-14-13-32-23-11-4-3-10-22(23)31-26(32)19-15-25(34)33(17-19)21-9-6-8-20(16-21)27(28,29)30/h2-12,16,19H,13-15,17H2,1H3/t19-/m0/s1. The largest absolute Gasteiger partial charge is 0.491 e. The van der Waals surface area contributed by atoms with E-state index in [0.717, 1.165) is 40.3 Å². The van der Waals surface area contributed by atoms with Crippen LogP contribution in [0.3, 0.4) is 0 Å². The van der Waals surface area contributed by atoms with Crippen LogP contribution < -0.4 is 9.64 Å². The average molecular weight is 480 g/mol. The van der Waals surface area contributed by atoms with Gasteiger partial charge in [0.15, 0.2) is 0 Å². The van der Waals surface area contributed by atoms with Crippen LogP contribution in [0.1, 0.15) is 29.3 Å². The Morgan fingerprint density at radius 1 is 1.03 bits per heavy atom. The number of carbonyl (C=O) groups excluding carboxylic acids is 1. The minimum Gasteiger partial charge on any atom is -0.491 e. The predicted molar refractivity (Wildman–Crippen MR) is 128 cm³/mol. The maximum atomic E-state index is 13.2. The fourth-order valence-electron chi connectivity index (χ4n) is 4.59. The lowest BCUT2D eigenvalue weighted by atomic mass is 10.1. The number of fused-ring (bicyclic) bond motifs is 1. The molecular weight excluding hydrogens is 455 g/mol. The fourth-order valence-corrected chi connectivity index (χ4v) is 4.59. The zero-order valence-electron chi connectivity index (χ0n) is 19.1. The van der Waals surface area contributed by atoms with E-state index < -0.39 is 11.7 Å². The van der Waals surface area contributed by atoms with Gasteiger partial charge in [0.05, 0.1) is 23.1 Å². The topological polar surface area (TPSA) is 47.4 Å². The molecule has 0 N–H and O–H groups in total. The summed E-state index contributed by atoms with van der Waals surface area (Å²) in [5, 5.41) is 0. The number of ether oxygens (including phenoxy) is 1. The van der Waals surface area contributed by atoms with Crippen LogP contribution >= 0.6 is 0 Å². The number of amides is 1. The van der Waals surface area contributed by atoms with E-state index in [4.69, 9.17) is 9.72 Å². The summed E-state index contributed by atoms with van der Waals surface area (Å²) in [5.41, 5.74) is 2.26. The number of imidazole rings is 1. The fraction of sp³-hybridized carbons (Fsp3) is 0.259. The highest BCUT2D eigenvalue weighted by Gasteiger charge is 2.36. The second kappa shape index (κ2) is 9.09. The molecule has 0 aliphatic carbocycles. The highest BCUT2D eigenvalue weighted by Crippen LogP contribution is 2.36. The summed E-state index contributed by atoms with van der Waals surface area (Å²) in [7, 11) is 0. The highest BCUT2D eigenvalue weighted by atomic mass is 19.4. The first kappa shape index (κ1) is 23.0. The predicted octanol–water partition coefficient (Wildman–Crippen LogP) is 5.96. The minimum absolute atomic E-state index is 0.179. The normalized spacial score (nSPS) is 16.3. The zero-order valence-corrected chi connectivity index (χ0v) is 19.1. The van der Waals surface area contributed by atoms with E-state index in [0.29, 0.717) is 13.2 Å². The molecule has 1 amide bonds. The number of halogens is 3. The van der Waals surface area contributed by atoms with Crippen LogP contribution in [0.15, 0.2) is 72.8 Å². The third-order valence-electron chi connectivity index (χ3n) is 6.33. The average Bonchev–Trinajstić information content (AvgIpc) is 3.40. The second-order valence-corrected chi connectivity index (χ2v) is 8.68. The van der Waals surface area contributed by atoms with E-state index in [1.807, 2.05) is 55.5 Å². The SMILES string of the molecule is Cc1ccccc1OCCn1c([C@H]2CC(=O)N(c3cccc(C(F)(F)F)c3)C2)nc2ccccc21. The first-order chi connectivity index (χ1) is 16.8. The molecule has 1 aliphatic rings. The molecule has 8 heteroatoms. The van der Waals surface area contributed by atoms with E-state index in [2.05, 4.69) is 4.57 Å². The van der Waals surface area contributed by atoms with Gasteiger partial charge in [-0.15, -0.1) is 0 Å². The lowest BCUT2D eigenvalue weighted by Gasteiger charge is -2.19. The van der Waals surface area contributed by atoms with Gasteiger partial charge in [-0.2, -0.15) is 13.2 Å². The van der Waals surface area contributed by atoms with E-state index in [1.165, 1.54) is 17.0 Å². The number of hydrogen-bond acceptors (Lipinski definition) is 3. The summed E-state index contributed by atoms with van der Waals surface area (Å²) in [4.78, 5) is 19.1. The number of benzene rings is 3. The van der Waals surface area contributed by atoms with Gasteiger partial charge in [0, 0.05) is 24.6 Å². The van der Waals surface area contributed by atoms with Crippen molar-refractivity contribution in [3.05, 3.63) is 89.7 Å². The van der Waals surface area contributed by atoms with Crippen molar-refractivity contribution in [2.24, 2.45) is 0 Å². The maximum Gasteiger partial charge on any atom is 0.416 e. The Morgan fingerprint density at radius 3 is 2.60 bits per heavy atom. The molecule has 0 spiro atoms. The summed E-state index contributed by atoms with van der Waals surface area (Å²) < 4.78 is 47.7. The van der Waals surface area contributed by atoms with E-state index in [1.54, 1.807) is 0 Å². The molecule has 2 heterocycles. The van der Waals surface area contributed by atoms with Gasteiger partial charge in [-0.3, -0.25) is 4.79 Å². The van der Waals surface area contributed by atoms with Crippen molar-refractivity contribution >= 4 is 22.6 Å². The van der Waals surface area contributed by atoms with Crippen molar-refractivity contribution < 1.29 is 22.7 Å². The molecule has 0 unspecified atom stereocenters. The molecule has 0 saturated carbocycles. The number of anilines is 1. The Labute approximate surface area is 200 Å². The number of alkyl halides is 3. The summed E-state index contributed by atoms with van der Waals surface area (Å²) in [6.07, 6.45) is -4.29. The van der Waals surface area contributed by atoms with Crippen molar-refractivity contribution in [1.82, 2.24) is 9.55 Å². The summed E-state index contributed by atoms with van der Waals surface area (Å²) >= 11 is 0. The highest BCUT2D eigenvalue weighted by molar-refractivity contribution is 5.96. The lowest BCUT2D eigenvalue weighted by Crippen LogP contribution is -2.25. The quantitative estimate of drug-likeness (QED) is 0.343. The van der Waals surface area contributed by atoms with Gasteiger partial charge in [-0.05, 0) is 48.9 Å². The van der Waals surface area contributed by atoms with Crippen molar-refractivity contribution in [1.29, 1.82) is 0 Å². The molecule has 0 radical (unpaired) electrons.